The number of rotatable bonds is 2. The minimum absolute atomic E-state index is 0.158. The summed E-state index contributed by atoms with van der Waals surface area (Å²) in [4.78, 5) is 15.1. The highest BCUT2D eigenvalue weighted by molar-refractivity contribution is 5.73. The number of hydrogen-bond donors (Lipinski definition) is 1. The number of hydrogen-bond acceptors (Lipinski definition) is 3. The van der Waals surface area contributed by atoms with Crippen LogP contribution < -0.4 is 0 Å². The van der Waals surface area contributed by atoms with Crippen LogP contribution in [0.25, 0.3) is 0 Å². The summed E-state index contributed by atoms with van der Waals surface area (Å²) >= 11 is 0. The molecule has 0 aliphatic carbocycles. The molecule has 0 unspecified atom stereocenters. The zero-order valence-electron chi connectivity index (χ0n) is 8.20. The van der Waals surface area contributed by atoms with Crippen molar-refractivity contribution in [2.45, 2.75) is 13.3 Å². The minimum Gasteiger partial charge on any atom is -0.395 e. The highest BCUT2D eigenvalue weighted by atomic mass is 16.3. The molecule has 4 nitrogen and oxygen atoms in total. The van der Waals surface area contributed by atoms with Gasteiger partial charge in [-0.05, 0) is 13.0 Å². The maximum absolute atomic E-state index is 11.1. The Kier molecular flexibility index (Phi) is 4.18. The zero-order valence-corrected chi connectivity index (χ0v) is 8.20. The van der Waals surface area contributed by atoms with Gasteiger partial charge in [-0.2, -0.15) is 0 Å². The molecule has 1 rings (SSSR count). The molecule has 0 aromatic rings. The summed E-state index contributed by atoms with van der Waals surface area (Å²) in [5.74, 6) is 0.158. The number of aliphatic hydroxyl groups excluding tert-OH is 1. The van der Waals surface area contributed by atoms with Gasteiger partial charge in [0.2, 0.25) is 5.91 Å². The minimum atomic E-state index is 0.158. The van der Waals surface area contributed by atoms with Crippen molar-refractivity contribution in [1.82, 2.24) is 9.80 Å². The monoisotopic (exact) mass is 186 g/mol. The van der Waals surface area contributed by atoms with E-state index in [4.69, 9.17) is 5.11 Å². The van der Waals surface area contributed by atoms with Crippen molar-refractivity contribution < 1.29 is 9.90 Å². The number of carbonyl (C=O) groups excluding carboxylic acids is 1. The molecule has 1 aliphatic heterocycles. The van der Waals surface area contributed by atoms with Gasteiger partial charge in [-0.3, -0.25) is 9.69 Å². The Morgan fingerprint density at radius 3 is 2.69 bits per heavy atom. The van der Waals surface area contributed by atoms with Crippen LogP contribution in [-0.4, -0.2) is 60.1 Å². The van der Waals surface area contributed by atoms with Crippen LogP contribution in [0.15, 0.2) is 0 Å². The molecule has 76 valence electrons. The summed E-state index contributed by atoms with van der Waals surface area (Å²) in [5.41, 5.74) is 0. The zero-order chi connectivity index (χ0) is 9.68. The fourth-order valence-corrected chi connectivity index (χ4v) is 1.65. The van der Waals surface area contributed by atoms with E-state index >= 15 is 0 Å². The largest absolute Gasteiger partial charge is 0.395 e. The van der Waals surface area contributed by atoms with Crippen LogP contribution >= 0.6 is 0 Å². The molecule has 0 aromatic heterocycles. The van der Waals surface area contributed by atoms with Crippen LogP contribution in [0.5, 0.6) is 0 Å². The Morgan fingerprint density at radius 2 is 2.08 bits per heavy atom. The summed E-state index contributed by atoms with van der Waals surface area (Å²) < 4.78 is 0. The fraction of sp³-hybridized carbons (Fsp3) is 0.889. The molecule has 0 saturated carbocycles. The van der Waals surface area contributed by atoms with E-state index in [0.717, 1.165) is 39.1 Å². The van der Waals surface area contributed by atoms with Gasteiger partial charge < -0.3 is 10.0 Å². The van der Waals surface area contributed by atoms with Crippen LogP contribution in [0.4, 0.5) is 0 Å². The Morgan fingerprint density at radius 1 is 1.31 bits per heavy atom. The van der Waals surface area contributed by atoms with E-state index in [0.29, 0.717) is 0 Å². The molecule has 0 aromatic carbocycles. The van der Waals surface area contributed by atoms with Crippen molar-refractivity contribution in [1.29, 1.82) is 0 Å². The number of β-amino-alcohol motifs (C(OH)–C–C–N with tert-alkyl or cyclic N) is 1. The maximum Gasteiger partial charge on any atom is 0.219 e. The van der Waals surface area contributed by atoms with Gasteiger partial charge in [0.1, 0.15) is 0 Å². The average Bonchev–Trinajstić information content (AvgIpc) is 2.30. The molecular weight excluding hydrogens is 168 g/mol. The van der Waals surface area contributed by atoms with Crippen LogP contribution in [0.1, 0.15) is 13.3 Å². The summed E-state index contributed by atoms with van der Waals surface area (Å²) in [6.07, 6.45) is 1.01. The molecule has 1 amide bonds. The molecule has 4 heteroatoms. The summed E-state index contributed by atoms with van der Waals surface area (Å²) in [7, 11) is 0. The number of amides is 1. The SMILES string of the molecule is CC(=O)N1CCCN(CCO)CC1. The van der Waals surface area contributed by atoms with Gasteiger partial charge in [0.15, 0.2) is 0 Å². The first-order valence-corrected chi connectivity index (χ1v) is 4.83. The van der Waals surface area contributed by atoms with E-state index in [1.165, 1.54) is 0 Å². The van der Waals surface area contributed by atoms with Gasteiger partial charge in [-0.15, -0.1) is 0 Å². The normalized spacial score (nSPS) is 20.0. The molecule has 0 radical (unpaired) electrons. The summed E-state index contributed by atoms with van der Waals surface area (Å²) in [6, 6.07) is 0. The van der Waals surface area contributed by atoms with Crippen molar-refractivity contribution in [3.8, 4) is 0 Å². The van der Waals surface area contributed by atoms with E-state index < -0.39 is 0 Å². The van der Waals surface area contributed by atoms with E-state index in [2.05, 4.69) is 4.90 Å². The molecule has 1 saturated heterocycles. The Hall–Kier alpha value is -0.610. The third kappa shape index (κ3) is 3.32. The van der Waals surface area contributed by atoms with E-state index in [1.807, 2.05) is 4.90 Å². The smallest absolute Gasteiger partial charge is 0.219 e. The Bertz CT molecular complexity index is 173. The first-order valence-electron chi connectivity index (χ1n) is 4.83. The number of nitrogens with zero attached hydrogens (tertiary/aromatic N) is 2. The van der Waals surface area contributed by atoms with Crippen LogP contribution in [-0.2, 0) is 4.79 Å². The standard InChI is InChI=1S/C9H18N2O2/c1-9(13)11-4-2-3-10(5-6-11)7-8-12/h12H,2-8H2,1H3. The lowest BCUT2D eigenvalue weighted by molar-refractivity contribution is -0.128. The highest BCUT2D eigenvalue weighted by Crippen LogP contribution is 2.02. The van der Waals surface area contributed by atoms with Gasteiger partial charge in [0.05, 0.1) is 6.61 Å². The fourth-order valence-electron chi connectivity index (χ4n) is 1.65. The van der Waals surface area contributed by atoms with Crippen LogP contribution in [0, 0.1) is 0 Å². The van der Waals surface area contributed by atoms with Gasteiger partial charge in [0, 0.05) is 33.1 Å². The van der Waals surface area contributed by atoms with Gasteiger partial charge in [0.25, 0.3) is 0 Å². The van der Waals surface area contributed by atoms with E-state index in [-0.39, 0.29) is 12.5 Å². The van der Waals surface area contributed by atoms with Crippen LogP contribution in [0.2, 0.25) is 0 Å². The van der Waals surface area contributed by atoms with Crippen molar-refractivity contribution in [3.05, 3.63) is 0 Å². The lowest BCUT2D eigenvalue weighted by atomic mass is 10.4. The number of aliphatic hydroxyl groups is 1. The highest BCUT2D eigenvalue weighted by Gasteiger charge is 2.15. The second-order valence-electron chi connectivity index (χ2n) is 3.42. The van der Waals surface area contributed by atoms with E-state index in [1.54, 1.807) is 6.92 Å². The van der Waals surface area contributed by atoms with Gasteiger partial charge in [-0.25, -0.2) is 0 Å². The van der Waals surface area contributed by atoms with Crippen molar-refractivity contribution >= 4 is 5.91 Å². The summed E-state index contributed by atoms with van der Waals surface area (Å²) in [6.45, 7) is 6.09. The molecule has 1 fully saturated rings. The first kappa shape index (κ1) is 10.5. The molecule has 1 heterocycles. The quantitative estimate of drug-likeness (QED) is 0.634. The molecule has 13 heavy (non-hydrogen) atoms. The summed E-state index contributed by atoms with van der Waals surface area (Å²) in [5, 5.41) is 8.76. The molecule has 1 aliphatic rings. The second-order valence-corrected chi connectivity index (χ2v) is 3.42. The van der Waals surface area contributed by atoms with Crippen molar-refractivity contribution in [3.63, 3.8) is 0 Å². The van der Waals surface area contributed by atoms with E-state index in [9.17, 15) is 4.79 Å². The van der Waals surface area contributed by atoms with Crippen LogP contribution in [0.3, 0.4) is 0 Å². The predicted molar refractivity (Wildman–Crippen MR) is 50.4 cm³/mol. The third-order valence-electron chi connectivity index (χ3n) is 2.45. The van der Waals surface area contributed by atoms with Gasteiger partial charge >= 0.3 is 0 Å². The van der Waals surface area contributed by atoms with Gasteiger partial charge in [-0.1, -0.05) is 0 Å². The third-order valence-corrected chi connectivity index (χ3v) is 2.45. The second kappa shape index (κ2) is 5.19. The average molecular weight is 186 g/mol. The molecule has 1 N–H and O–H groups in total. The Labute approximate surface area is 79.1 Å². The number of carbonyl (C=O) groups is 1. The Balaban J connectivity index is 2.35. The predicted octanol–water partition coefficient (Wildman–Crippen LogP) is -0.467. The topological polar surface area (TPSA) is 43.8 Å². The van der Waals surface area contributed by atoms with Crippen molar-refractivity contribution in [2.75, 3.05) is 39.3 Å². The lowest BCUT2D eigenvalue weighted by Crippen LogP contribution is -2.34. The first-order chi connectivity index (χ1) is 6.24. The maximum atomic E-state index is 11.1. The molecule has 0 spiro atoms. The molecule has 0 atom stereocenters. The lowest BCUT2D eigenvalue weighted by Gasteiger charge is -2.19. The molecule has 0 bridgehead atoms. The molecular formula is C9H18N2O2. The van der Waals surface area contributed by atoms with Crippen molar-refractivity contribution in [2.24, 2.45) is 0 Å².